The van der Waals surface area contributed by atoms with Gasteiger partial charge < -0.3 is 4.90 Å². The Morgan fingerprint density at radius 1 is 1.58 bits per heavy atom. The van der Waals surface area contributed by atoms with Crippen LogP contribution < -0.4 is 0 Å². The van der Waals surface area contributed by atoms with Crippen molar-refractivity contribution in [3.8, 4) is 0 Å². The van der Waals surface area contributed by atoms with E-state index >= 15 is 0 Å². The highest BCUT2D eigenvalue weighted by Crippen LogP contribution is 2.36. The fourth-order valence-electron chi connectivity index (χ4n) is 1.62. The van der Waals surface area contributed by atoms with Crippen molar-refractivity contribution in [3.63, 3.8) is 0 Å². The molecule has 3 nitrogen and oxygen atoms in total. The molecule has 0 radical (unpaired) electrons. The monoisotopic (exact) mass is 223 g/mol. The van der Waals surface area contributed by atoms with Crippen LogP contribution in [0.2, 0.25) is 0 Å². The summed E-state index contributed by atoms with van der Waals surface area (Å²) in [6.45, 7) is 0. The first-order valence-electron chi connectivity index (χ1n) is 3.63. The van der Waals surface area contributed by atoms with Crippen molar-refractivity contribution < 1.29 is 8.42 Å². The molecule has 0 amide bonds. The Morgan fingerprint density at radius 3 is 2.83 bits per heavy atom. The molecule has 0 aliphatic carbocycles. The predicted octanol–water partition coefficient (Wildman–Crippen LogP) is 0.115. The minimum Gasteiger partial charge on any atom is -0.355 e. The van der Waals surface area contributed by atoms with E-state index in [4.69, 9.17) is 12.2 Å². The van der Waals surface area contributed by atoms with Crippen molar-refractivity contribution in [2.24, 2.45) is 0 Å². The van der Waals surface area contributed by atoms with Crippen molar-refractivity contribution in [3.05, 3.63) is 0 Å². The predicted molar refractivity (Wildman–Crippen MR) is 54.2 cm³/mol. The van der Waals surface area contributed by atoms with Crippen LogP contribution in [0.25, 0.3) is 0 Å². The molecule has 2 rings (SSSR count). The third-order valence-electron chi connectivity index (χ3n) is 2.31. The van der Waals surface area contributed by atoms with Crippen LogP contribution in [0.3, 0.4) is 0 Å². The van der Waals surface area contributed by atoms with Crippen molar-refractivity contribution in [2.45, 2.75) is 11.3 Å². The molecule has 2 saturated heterocycles. The van der Waals surface area contributed by atoms with Crippen molar-refractivity contribution in [1.29, 1.82) is 0 Å². The summed E-state index contributed by atoms with van der Waals surface area (Å²) in [4.78, 5) is 1.91. The first-order valence-corrected chi connectivity index (χ1v) is 6.74. The van der Waals surface area contributed by atoms with Gasteiger partial charge in [-0.3, -0.25) is 0 Å². The smallest absolute Gasteiger partial charge is 0.153 e. The molecule has 12 heavy (non-hydrogen) atoms. The highest BCUT2D eigenvalue weighted by Gasteiger charge is 2.46. The van der Waals surface area contributed by atoms with Crippen molar-refractivity contribution in [1.82, 2.24) is 4.90 Å². The van der Waals surface area contributed by atoms with Gasteiger partial charge in [-0.15, -0.1) is 0 Å². The molecular formula is C6H9NO2S3. The van der Waals surface area contributed by atoms with Crippen molar-refractivity contribution in [2.75, 3.05) is 18.6 Å². The first-order chi connectivity index (χ1) is 5.49. The molecule has 2 atom stereocenters. The zero-order chi connectivity index (χ0) is 8.93. The van der Waals surface area contributed by atoms with Gasteiger partial charge in [-0.1, -0.05) is 24.0 Å². The average molecular weight is 223 g/mol. The molecule has 2 aliphatic heterocycles. The lowest BCUT2D eigenvalue weighted by Gasteiger charge is -2.16. The van der Waals surface area contributed by atoms with Gasteiger partial charge in [0.15, 0.2) is 9.84 Å². The average Bonchev–Trinajstić information content (AvgIpc) is 2.33. The van der Waals surface area contributed by atoms with Gasteiger partial charge in [0.25, 0.3) is 0 Å². The Morgan fingerprint density at radius 2 is 2.25 bits per heavy atom. The number of fused-ring (bicyclic) bond motifs is 1. The summed E-state index contributed by atoms with van der Waals surface area (Å²) in [6.07, 6.45) is 0. The summed E-state index contributed by atoms with van der Waals surface area (Å²) in [5, 5.41) is 0.187. The summed E-state index contributed by atoms with van der Waals surface area (Å²) in [5.74, 6) is 0.578. The second-order valence-electron chi connectivity index (χ2n) is 3.18. The summed E-state index contributed by atoms with van der Waals surface area (Å²) in [7, 11) is -0.908. The SMILES string of the molecule is CN1C(=S)S[C@@H]2CS(=O)(=O)C[C@@H]21. The summed E-state index contributed by atoms with van der Waals surface area (Å²) < 4.78 is 23.3. The zero-order valence-corrected chi connectivity index (χ0v) is 9.01. The number of thioether (sulfide) groups is 1. The van der Waals surface area contributed by atoms with E-state index in [-0.39, 0.29) is 17.0 Å². The Bertz CT molecular complexity index is 324. The molecule has 0 spiro atoms. The van der Waals surface area contributed by atoms with Crippen LogP contribution in [-0.4, -0.2) is 47.5 Å². The van der Waals surface area contributed by atoms with E-state index in [1.54, 1.807) is 0 Å². The van der Waals surface area contributed by atoms with Crippen LogP contribution >= 0.6 is 24.0 Å². The lowest BCUT2D eigenvalue weighted by molar-refractivity contribution is 0.429. The normalized spacial score (nSPS) is 38.8. The number of rotatable bonds is 0. The number of hydrogen-bond donors (Lipinski definition) is 0. The Kier molecular flexibility index (Phi) is 1.89. The van der Waals surface area contributed by atoms with Gasteiger partial charge >= 0.3 is 0 Å². The van der Waals surface area contributed by atoms with Gasteiger partial charge in [0.2, 0.25) is 0 Å². The number of nitrogens with zero attached hydrogens (tertiary/aromatic N) is 1. The molecule has 0 aromatic carbocycles. The van der Waals surface area contributed by atoms with E-state index in [1.165, 1.54) is 11.8 Å². The van der Waals surface area contributed by atoms with Gasteiger partial charge in [-0.2, -0.15) is 0 Å². The maximum absolute atomic E-state index is 11.2. The summed E-state index contributed by atoms with van der Waals surface area (Å²) in [5.41, 5.74) is 0. The molecule has 6 heteroatoms. The Balaban J connectivity index is 2.27. The topological polar surface area (TPSA) is 37.4 Å². The minimum absolute atomic E-state index is 0.132. The molecule has 68 valence electrons. The lowest BCUT2D eigenvalue weighted by Crippen LogP contribution is -2.32. The molecule has 2 heterocycles. The van der Waals surface area contributed by atoms with E-state index in [0.29, 0.717) is 5.75 Å². The van der Waals surface area contributed by atoms with Gasteiger partial charge in [0.1, 0.15) is 4.32 Å². The molecule has 2 fully saturated rings. The Hall–Kier alpha value is 0.190. The molecule has 0 saturated carbocycles. The molecule has 2 aliphatic rings. The Labute approximate surface area is 81.4 Å². The van der Waals surface area contributed by atoms with Crippen LogP contribution in [-0.2, 0) is 9.84 Å². The maximum Gasteiger partial charge on any atom is 0.153 e. The van der Waals surface area contributed by atoms with E-state index in [2.05, 4.69) is 0 Å². The van der Waals surface area contributed by atoms with Crippen LogP contribution in [0.5, 0.6) is 0 Å². The third-order valence-corrected chi connectivity index (χ3v) is 6.09. The van der Waals surface area contributed by atoms with Gasteiger partial charge in [0, 0.05) is 12.3 Å². The second kappa shape index (κ2) is 2.59. The molecule has 0 N–H and O–H groups in total. The van der Waals surface area contributed by atoms with Gasteiger partial charge in [-0.05, 0) is 0 Å². The van der Waals surface area contributed by atoms with Crippen LogP contribution in [0.15, 0.2) is 0 Å². The third kappa shape index (κ3) is 1.25. The largest absolute Gasteiger partial charge is 0.355 e. The first kappa shape index (κ1) is 8.77. The molecule has 0 bridgehead atoms. The summed E-state index contributed by atoms with van der Waals surface area (Å²) >= 11 is 6.59. The van der Waals surface area contributed by atoms with E-state index in [9.17, 15) is 8.42 Å². The number of hydrogen-bond acceptors (Lipinski definition) is 4. The highest BCUT2D eigenvalue weighted by molar-refractivity contribution is 8.24. The number of thiocarbonyl (C=S) groups is 1. The maximum atomic E-state index is 11.2. The van der Waals surface area contributed by atoms with Gasteiger partial charge in [-0.25, -0.2) is 8.42 Å². The molecule has 0 unspecified atom stereocenters. The fourth-order valence-corrected chi connectivity index (χ4v) is 5.97. The minimum atomic E-state index is -2.78. The van der Waals surface area contributed by atoms with E-state index < -0.39 is 9.84 Å². The lowest BCUT2D eigenvalue weighted by atomic mass is 10.2. The fraction of sp³-hybridized carbons (Fsp3) is 0.833. The van der Waals surface area contributed by atoms with Gasteiger partial charge in [0.05, 0.1) is 17.5 Å². The molecule has 0 aromatic rings. The van der Waals surface area contributed by atoms with E-state index in [1.807, 2.05) is 11.9 Å². The van der Waals surface area contributed by atoms with Crippen LogP contribution in [0.4, 0.5) is 0 Å². The van der Waals surface area contributed by atoms with E-state index in [0.717, 1.165) is 4.32 Å². The van der Waals surface area contributed by atoms with Crippen LogP contribution in [0.1, 0.15) is 0 Å². The standard InChI is InChI=1S/C6H9NO2S3/c1-7-4-2-12(8,9)3-5(4)11-6(7)10/h4-5H,2-3H2,1H3/t4-,5+/m0/s1. The second-order valence-corrected chi connectivity index (χ2v) is 7.20. The van der Waals surface area contributed by atoms with Crippen molar-refractivity contribution >= 4 is 38.1 Å². The van der Waals surface area contributed by atoms with Crippen LogP contribution in [0, 0.1) is 0 Å². The molecular weight excluding hydrogens is 214 g/mol. The zero-order valence-electron chi connectivity index (χ0n) is 6.56. The summed E-state index contributed by atoms with van der Waals surface area (Å²) in [6, 6.07) is 0.132. The number of sulfone groups is 1. The quantitative estimate of drug-likeness (QED) is 0.545. The molecule has 0 aromatic heterocycles. The highest BCUT2D eigenvalue weighted by atomic mass is 32.2.